The van der Waals surface area contributed by atoms with Crippen LogP contribution in [0.5, 0.6) is 5.88 Å². The van der Waals surface area contributed by atoms with Crippen LogP contribution in [0.4, 0.5) is 8.78 Å². The third-order valence-corrected chi connectivity index (χ3v) is 4.44. The number of ether oxygens (including phenoxy) is 1. The average Bonchev–Trinajstić information content (AvgIpc) is 3.32. The normalized spacial score (nSPS) is 13.0. The molecule has 0 spiro atoms. The second-order valence-corrected chi connectivity index (χ2v) is 7.66. The number of benzene rings is 1. The van der Waals surface area contributed by atoms with Gasteiger partial charge in [0.25, 0.3) is 0 Å². The number of nitrogens with zero attached hydrogens (tertiary/aromatic N) is 6. The molecular weight excluding hydrogens is 380 g/mol. The van der Waals surface area contributed by atoms with Crippen LogP contribution in [0.1, 0.15) is 45.2 Å². The van der Waals surface area contributed by atoms with Gasteiger partial charge in [0.15, 0.2) is 17.6 Å². The standard InChI is InChI=1S/C19H19F2N7O/c1-10(16-22-9-23-26-16)29-18-12(19(2,3)4)8-14-17(24-18)28(27-25-14)15-7-11(20)5-6-13(15)21/h5-10H,1-4H3,(H,22,23,26). The van der Waals surface area contributed by atoms with E-state index in [1.165, 1.54) is 6.33 Å². The van der Waals surface area contributed by atoms with Gasteiger partial charge in [0.1, 0.15) is 29.2 Å². The van der Waals surface area contributed by atoms with E-state index in [4.69, 9.17) is 4.74 Å². The first-order valence-corrected chi connectivity index (χ1v) is 8.98. The van der Waals surface area contributed by atoms with Gasteiger partial charge < -0.3 is 4.74 Å². The van der Waals surface area contributed by atoms with Crippen LogP contribution in [0, 0.1) is 11.6 Å². The number of rotatable bonds is 4. The number of fused-ring (bicyclic) bond motifs is 1. The SMILES string of the molecule is CC(Oc1nc2c(cc1C(C)(C)C)nnn2-c1cc(F)ccc1F)c1ncn[nH]1. The van der Waals surface area contributed by atoms with Crippen molar-refractivity contribution in [3.63, 3.8) is 0 Å². The molecule has 0 bridgehead atoms. The molecule has 0 aliphatic heterocycles. The molecule has 8 nitrogen and oxygen atoms in total. The van der Waals surface area contributed by atoms with Gasteiger partial charge >= 0.3 is 0 Å². The molecule has 0 amide bonds. The minimum absolute atomic E-state index is 0.0854. The molecule has 3 heterocycles. The van der Waals surface area contributed by atoms with Gasteiger partial charge in [0, 0.05) is 11.6 Å². The highest BCUT2D eigenvalue weighted by Crippen LogP contribution is 2.34. The minimum Gasteiger partial charge on any atom is -0.466 e. The Kier molecular flexibility index (Phi) is 4.48. The molecule has 0 aliphatic rings. The van der Waals surface area contributed by atoms with Crippen LogP contribution in [0.3, 0.4) is 0 Å². The molecule has 0 saturated heterocycles. The summed E-state index contributed by atoms with van der Waals surface area (Å²) in [6.07, 6.45) is 0.932. The fourth-order valence-electron chi connectivity index (χ4n) is 2.91. The first-order chi connectivity index (χ1) is 13.7. The van der Waals surface area contributed by atoms with Crippen molar-refractivity contribution in [2.45, 2.75) is 39.2 Å². The van der Waals surface area contributed by atoms with Crippen LogP contribution in [0.2, 0.25) is 0 Å². The summed E-state index contributed by atoms with van der Waals surface area (Å²) in [7, 11) is 0. The summed E-state index contributed by atoms with van der Waals surface area (Å²) in [6.45, 7) is 7.84. The number of hydrogen-bond acceptors (Lipinski definition) is 6. The minimum atomic E-state index is -0.641. The van der Waals surface area contributed by atoms with Gasteiger partial charge in [-0.25, -0.2) is 13.8 Å². The van der Waals surface area contributed by atoms with Gasteiger partial charge in [-0.2, -0.15) is 14.8 Å². The average molecular weight is 399 g/mol. The fourth-order valence-corrected chi connectivity index (χ4v) is 2.91. The third-order valence-electron chi connectivity index (χ3n) is 4.44. The van der Waals surface area contributed by atoms with Gasteiger partial charge in [0.05, 0.1) is 0 Å². The summed E-state index contributed by atoms with van der Waals surface area (Å²) < 4.78 is 35.2. The lowest BCUT2D eigenvalue weighted by atomic mass is 9.87. The van der Waals surface area contributed by atoms with E-state index in [0.29, 0.717) is 17.2 Å². The van der Waals surface area contributed by atoms with Crippen molar-refractivity contribution < 1.29 is 13.5 Å². The molecule has 10 heteroatoms. The zero-order chi connectivity index (χ0) is 20.8. The number of aromatic nitrogens is 7. The van der Waals surface area contributed by atoms with E-state index >= 15 is 0 Å². The van der Waals surface area contributed by atoms with Crippen molar-refractivity contribution in [3.05, 3.63) is 53.6 Å². The zero-order valence-electron chi connectivity index (χ0n) is 16.3. The molecule has 1 aromatic carbocycles. The van der Waals surface area contributed by atoms with Crippen molar-refractivity contribution in [3.8, 4) is 11.6 Å². The van der Waals surface area contributed by atoms with Crippen molar-refractivity contribution in [1.29, 1.82) is 0 Å². The van der Waals surface area contributed by atoms with Crippen LogP contribution in [0.25, 0.3) is 16.9 Å². The largest absolute Gasteiger partial charge is 0.466 e. The Morgan fingerprint density at radius 2 is 1.97 bits per heavy atom. The van der Waals surface area contributed by atoms with E-state index in [9.17, 15) is 8.78 Å². The Morgan fingerprint density at radius 1 is 1.17 bits per heavy atom. The van der Waals surface area contributed by atoms with Crippen LogP contribution in [-0.2, 0) is 5.41 Å². The molecule has 1 unspecified atom stereocenters. The first kappa shape index (κ1) is 18.9. The number of pyridine rings is 1. The zero-order valence-corrected chi connectivity index (χ0v) is 16.3. The first-order valence-electron chi connectivity index (χ1n) is 8.98. The molecule has 150 valence electrons. The molecule has 0 radical (unpaired) electrons. The van der Waals surface area contributed by atoms with Crippen molar-refractivity contribution in [1.82, 2.24) is 35.2 Å². The van der Waals surface area contributed by atoms with Crippen molar-refractivity contribution >= 4 is 11.2 Å². The van der Waals surface area contributed by atoms with Crippen LogP contribution >= 0.6 is 0 Å². The fraction of sp³-hybridized carbons (Fsp3) is 0.316. The number of H-pyrrole nitrogens is 1. The molecule has 4 rings (SSSR count). The van der Waals surface area contributed by atoms with E-state index in [2.05, 4.69) is 30.5 Å². The van der Waals surface area contributed by atoms with Crippen LogP contribution in [-0.4, -0.2) is 35.2 Å². The van der Waals surface area contributed by atoms with Crippen molar-refractivity contribution in [2.75, 3.05) is 0 Å². The molecule has 4 aromatic rings. The smallest absolute Gasteiger partial charge is 0.220 e. The number of nitrogens with one attached hydrogen (secondary N) is 1. The maximum absolute atomic E-state index is 14.3. The van der Waals surface area contributed by atoms with Gasteiger partial charge in [-0.05, 0) is 30.5 Å². The Bertz CT molecular complexity index is 1170. The number of aromatic amines is 1. The van der Waals surface area contributed by atoms with E-state index in [0.717, 1.165) is 28.4 Å². The van der Waals surface area contributed by atoms with Gasteiger partial charge in [0.2, 0.25) is 5.88 Å². The lowest BCUT2D eigenvalue weighted by Crippen LogP contribution is -2.17. The molecule has 0 fully saturated rings. The Balaban J connectivity index is 1.87. The van der Waals surface area contributed by atoms with Crippen LogP contribution < -0.4 is 4.74 Å². The Morgan fingerprint density at radius 3 is 2.66 bits per heavy atom. The van der Waals surface area contributed by atoms with Gasteiger partial charge in [-0.3, -0.25) is 5.10 Å². The van der Waals surface area contributed by atoms with E-state index in [1.807, 2.05) is 20.8 Å². The lowest BCUT2D eigenvalue weighted by molar-refractivity contribution is 0.203. The summed E-state index contributed by atoms with van der Waals surface area (Å²) in [5.41, 5.74) is 1.09. The maximum atomic E-state index is 14.3. The summed E-state index contributed by atoms with van der Waals surface area (Å²) in [4.78, 5) is 8.67. The molecule has 1 atom stereocenters. The highest BCUT2D eigenvalue weighted by molar-refractivity contribution is 5.74. The highest BCUT2D eigenvalue weighted by atomic mass is 19.1. The van der Waals surface area contributed by atoms with Crippen LogP contribution in [0.15, 0.2) is 30.6 Å². The summed E-state index contributed by atoms with van der Waals surface area (Å²) in [6, 6.07) is 4.91. The van der Waals surface area contributed by atoms with E-state index < -0.39 is 17.7 Å². The lowest BCUT2D eigenvalue weighted by Gasteiger charge is -2.23. The molecule has 0 saturated carbocycles. The maximum Gasteiger partial charge on any atom is 0.220 e. The molecule has 0 aliphatic carbocycles. The molecule has 3 aromatic heterocycles. The van der Waals surface area contributed by atoms with Gasteiger partial charge in [-0.1, -0.05) is 26.0 Å². The third kappa shape index (κ3) is 3.53. The molecular formula is C19H19F2N7O. The monoisotopic (exact) mass is 399 g/mol. The molecule has 29 heavy (non-hydrogen) atoms. The second-order valence-electron chi connectivity index (χ2n) is 7.66. The Hall–Kier alpha value is -3.43. The van der Waals surface area contributed by atoms with Gasteiger partial charge in [-0.15, -0.1) is 5.10 Å². The highest BCUT2D eigenvalue weighted by Gasteiger charge is 2.26. The van der Waals surface area contributed by atoms with E-state index in [1.54, 1.807) is 13.0 Å². The predicted octanol–water partition coefficient (Wildman–Crippen LogP) is 3.65. The predicted molar refractivity (Wildman–Crippen MR) is 101 cm³/mol. The second kappa shape index (κ2) is 6.87. The summed E-state index contributed by atoms with van der Waals surface area (Å²) in [5.74, 6) is -0.368. The topological polar surface area (TPSA) is 94.4 Å². The Labute approximate surface area is 164 Å². The molecule has 1 N–H and O–H groups in total. The van der Waals surface area contributed by atoms with E-state index in [-0.39, 0.29) is 16.7 Å². The quantitative estimate of drug-likeness (QED) is 0.563. The summed E-state index contributed by atoms with van der Waals surface area (Å²) in [5, 5.41) is 14.7. The summed E-state index contributed by atoms with van der Waals surface area (Å²) >= 11 is 0. The number of hydrogen-bond donors (Lipinski definition) is 1. The number of halogens is 2. The van der Waals surface area contributed by atoms with Crippen molar-refractivity contribution in [2.24, 2.45) is 0 Å².